The van der Waals surface area contributed by atoms with Gasteiger partial charge in [-0.05, 0) is 31.6 Å². The molecule has 0 aliphatic heterocycles. The van der Waals surface area contributed by atoms with Crippen LogP contribution in [0.15, 0.2) is 12.2 Å². The number of hydrogen-bond acceptors (Lipinski definition) is 1. The molecule has 0 heterocycles. The maximum atomic E-state index is 9.38. The summed E-state index contributed by atoms with van der Waals surface area (Å²) in [7, 11) is 0. The Bertz CT molecular complexity index is 140. The average Bonchev–Trinajstić information content (AvgIpc) is 2.14. The largest absolute Gasteiger partial charge is 0.393 e. The smallest absolute Gasteiger partial charge is 0.0571 e. The third kappa shape index (κ3) is 1.24. The molecule has 0 aromatic rings. The van der Waals surface area contributed by atoms with Crippen LogP contribution in [0.4, 0.5) is 0 Å². The normalized spacial score (nSPS) is 40.1. The summed E-state index contributed by atoms with van der Waals surface area (Å²) < 4.78 is 0. The minimum absolute atomic E-state index is 0.0818. The highest BCUT2D eigenvalue weighted by atomic mass is 16.3. The Hall–Kier alpha value is -0.300. The zero-order chi connectivity index (χ0) is 7.72. The zero-order valence-corrected chi connectivity index (χ0v) is 6.80. The quantitative estimate of drug-likeness (QED) is 0.552. The van der Waals surface area contributed by atoms with Crippen LogP contribution < -0.4 is 0 Å². The first-order valence-corrected chi connectivity index (χ1v) is 3.96. The molecule has 1 saturated carbocycles. The summed E-state index contributed by atoms with van der Waals surface area (Å²) in [6, 6.07) is 0. The molecule has 1 aliphatic rings. The predicted octanol–water partition coefficient (Wildman–Crippen LogP) is 1.97. The van der Waals surface area contributed by atoms with E-state index < -0.39 is 0 Å². The van der Waals surface area contributed by atoms with Crippen LogP contribution in [0.2, 0.25) is 0 Å². The molecular weight excluding hydrogens is 124 g/mol. The van der Waals surface area contributed by atoms with E-state index in [9.17, 15) is 5.11 Å². The molecule has 1 rings (SSSR count). The Balaban J connectivity index is 2.57. The topological polar surface area (TPSA) is 20.2 Å². The molecule has 0 unspecified atom stereocenters. The fourth-order valence-electron chi connectivity index (χ4n) is 1.84. The van der Waals surface area contributed by atoms with E-state index >= 15 is 0 Å². The van der Waals surface area contributed by atoms with Crippen molar-refractivity contribution in [1.29, 1.82) is 0 Å². The number of aliphatic hydroxyl groups excluding tert-OH is 1. The molecule has 1 heteroatoms. The highest BCUT2D eigenvalue weighted by Crippen LogP contribution is 2.35. The Kier molecular flexibility index (Phi) is 2.14. The van der Waals surface area contributed by atoms with Crippen molar-refractivity contribution in [2.75, 3.05) is 0 Å². The number of rotatable bonds is 1. The van der Waals surface area contributed by atoms with E-state index in [1.165, 1.54) is 5.57 Å². The van der Waals surface area contributed by atoms with Crippen LogP contribution >= 0.6 is 0 Å². The van der Waals surface area contributed by atoms with Crippen LogP contribution in [-0.4, -0.2) is 11.2 Å². The van der Waals surface area contributed by atoms with Gasteiger partial charge in [0.2, 0.25) is 0 Å². The molecule has 10 heavy (non-hydrogen) atoms. The Morgan fingerprint density at radius 3 is 2.30 bits per heavy atom. The van der Waals surface area contributed by atoms with Crippen LogP contribution in [-0.2, 0) is 0 Å². The lowest BCUT2D eigenvalue weighted by Gasteiger charge is -2.16. The van der Waals surface area contributed by atoms with Crippen LogP contribution in [0.25, 0.3) is 0 Å². The lowest BCUT2D eigenvalue weighted by Crippen LogP contribution is -2.15. The summed E-state index contributed by atoms with van der Waals surface area (Å²) in [5.74, 6) is 0.993. The minimum Gasteiger partial charge on any atom is -0.393 e. The summed E-state index contributed by atoms with van der Waals surface area (Å²) in [6.45, 7) is 8.07. The van der Waals surface area contributed by atoms with Gasteiger partial charge in [0.25, 0.3) is 0 Å². The SMILES string of the molecule is C=C(C)[C@H]1CC[C@@H](O)[C@H]1C. The molecule has 3 atom stereocenters. The summed E-state index contributed by atoms with van der Waals surface area (Å²) in [6.07, 6.45) is 2.00. The predicted molar refractivity (Wildman–Crippen MR) is 42.7 cm³/mol. The van der Waals surface area contributed by atoms with E-state index in [1.54, 1.807) is 0 Å². The first kappa shape index (κ1) is 7.80. The first-order chi connectivity index (χ1) is 4.63. The van der Waals surface area contributed by atoms with E-state index in [0.717, 1.165) is 12.8 Å². The number of hydrogen-bond donors (Lipinski definition) is 1. The monoisotopic (exact) mass is 140 g/mol. The van der Waals surface area contributed by atoms with E-state index in [2.05, 4.69) is 20.4 Å². The lowest BCUT2D eigenvalue weighted by atomic mass is 9.91. The van der Waals surface area contributed by atoms with Gasteiger partial charge < -0.3 is 5.11 Å². The standard InChI is InChI=1S/C9H16O/c1-6(2)8-4-5-9(10)7(8)3/h7-10H,1,4-5H2,2-3H3/t7-,8+,9+/m0/s1. The fraction of sp³-hybridized carbons (Fsp3) is 0.778. The highest BCUT2D eigenvalue weighted by molar-refractivity contribution is 5.02. The van der Waals surface area contributed by atoms with E-state index in [0.29, 0.717) is 11.8 Å². The summed E-state index contributed by atoms with van der Waals surface area (Å²) in [4.78, 5) is 0. The maximum absolute atomic E-state index is 9.38. The highest BCUT2D eigenvalue weighted by Gasteiger charge is 2.31. The van der Waals surface area contributed by atoms with Gasteiger partial charge in [-0.15, -0.1) is 0 Å². The van der Waals surface area contributed by atoms with Gasteiger partial charge in [0.05, 0.1) is 6.10 Å². The second kappa shape index (κ2) is 2.75. The summed E-state index contributed by atoms with van der Waals surface area (Å²) in [5.41, 5.74) is 1.23. The van der Waals surface area contributed by atoms with E-state index in [-0.39, 0.29) is 6.10 Å². The second-order valence-corrected chi connectivity index (χ2v) is 3.46. The molecule has 58 valence electrons. The van der Waals surface area contributed by atoms with Crippen molar-refractivity contribution in [2.24, 2.45) is 11.8 Å². The lowest BCUT2D eigenvalue weighted by molar-refractivity contribution is 0.132. The Labute approximate surface area is 62.8 Å². The van der Waals surface area contributed by atoms with Crippen LogP contribution in [0.3, 0.4) is 0 Å². The molecule has 0 radical (unpaired) electrons. The molecular formula is C9H16O. The van der Waals surface area contributed by atoms with Gasteiger partial charge in [0.15, 0.2) is 0 Å². The van der Waals surface area contributed by atoms with Crippen molar-refractivity contribution in [2.45, 2.75) is 32.8 Å². The first-order valence-electron chi connectivity index (χ1n) is 3.96. The molecule has 0 aromatic heterocycles. The third-order valence-corrected chi connectivity index (χ3v) is 2.65. The molecule has 1 N–H and O–H groups in total. The Morgan fingerprint density at radius 2 is 2.10 bits per heavy atom. The van der Waals surface area contributed by atoms with Gasteiger partial charge in [-0.3, -0.25) is 0 Å². The maximum Gasteiger partial charge on any atom is 0.0571 e. The molecule has 1 fully saturated rings. The van der Waals surface area contributed by atoms with Crippen molar-refractivity contribution in [3.63, 3.8) is 0 Å². The molecule has 1 aliphatic carbocycles. The van der Waals surface area contributed by atoms with Gasteiger partial charge in [-0.25, -0.2) is 0 Å². The second-order valence-electron chi connectivity index (χ2n) is 3.46. The average molecular weight is 140 g/mol. The van der Waals surface area contributed by atoms with Crippen LogP contribution in [0.1, 0.15) is 26.7 Å². The van der Waals surface area contributed by atoms with Gasteiger partial charge in [0, 0.05) is 0 Å². The minimum atomic E-state index is -0.0818. The number of allylic oxidation sites excluding steroid dienone is 1. The van der Waals surface area contributed by atoms with Gasteiger partial charge in [0.1, 0.15) is 0 Å². The van der Waals surface area contributed by atoms with Crippen LogP contribution in [0.5, 0.6) is 0 Å². The van der Waals surface area contributed by atoms with Crippen molar-refractivity contribution in [3.05, 3.63) is 12.2 Å². The zero-order valence-electron chi connectivity index (χ0n) is 6.80. The summed E-state index contributed by atoms with van der Waals surface area (Å²) >= 11 is 0. The van der Waals surface area contributed by atoms with Gasteiger partial charge >= 0.3 is 0 Å². The van der Waals surface area contributed by atoms with Crippen LogP contribution in [0, 0.1) is 11.8 Å². The molecule has 0 bridgehead atoms. The molecule has 1 nitrogen and oxygen atoms in total. The van der Waals surface area contributed by atoms with Crippen molar-refractivity contribution in [3.8, 4) is 0 Å². The van der Waals surface area contributed by atoms with E-state index in [4.69, 9.17) is 0 Å². The molecule has 0 spiro atoms. The van der Waals surface area contributed by atoms with Crippen molar-refractivity contribution >= 4 is 0 Å². The molecule has 0 aromatic carbocycles. The molecule has 0 saturated heterocycles. The Morgan fingerprint density at radius 1 is 1.50 bits per heavy atom. The number of aliphatic hydroxyl groups is 1. The van der Waals surface area contributed by atoms with E-state index in [1.807, 2.05) is 0 Å². The summed E-state index contributed by atoms with van der Waals surface area (Å²) in [5, 5.41) is 9.38. The third-order valence-electron chi connectivity index (χ3n) is 2.65. The van der Waals surface area contributed by atoms with Gasteiger partial charge in [-0.1, -0.05) is 19.1 Å². The fourth-order valence-corrected chi connectivity index (χ4v) is 1.84. The van der Waals surface area contributed by atoms with Gasteiger partial charge in [-0.2, -0.15) is 0 Å². The van der Waals surface area contributed by atoms with Crippen molar-refractivity contribution < 1.29 is 5.11 Å². The molecule has 0 amide bonds. The van der Waals surface area contributed by atoms with Crippen molar-refractivity contribution in [1.82, 2.24) is 0 Å².